The predicted molar refractivity (Wildman–Crippen MR) is 120 cm³/mol. The molecule has 4 aromatic rings. The second kappa shape index (κ2) is 7.69. The number of nitrogens with zero attached hydrogens (tertiary/aromatic N) is 3. The molecule has 0 radical (unpaired) electrons. The SMILES string of the molecule is COC(=O)c1c(-c2ccc(Br)cc2)c2nnc3c(n2c1-c1ccccc1)CCCC3. The molecule has 0 N–H and O–H groups in total. The third-order valence-corrected chi connectivity index (χ3v) is 6.19. The fourth-order valence-electron chi connectivity index (χ4n) is 4.31. The molecule has 0 aliphatic heterocycles. The number of halogens is 1. The van der Waals surface area contributed by atoms with Crippen molar-refractivity contribution in [3.8, 4) is 22.4 Å². The van der Waals surface area contributed by atoms with Crippen molar-refractivity contribution in [1.29, 1.82) is 0 Å². The summed E-state index contributed by atoms with van der Waals surface area (Å²) in [5.74, 6) is -0.373. The molecule has 5 nitrogen and oxygen atoms in total. The summed E-state index contributed by atoms with van der Waals surface area (Å²) in [4.78, 5) is 13.1. The molecular weight excluding hydrogens is 442 g/mol. The van der Waals surface area contributed by atoms with Crippen LogP contribution in [0.2, 0.25) is 0 Å². The molecule has 0 bridgehead atoms. The summed E-state index contributed by atoms with van der Waals surface area (Å²) in [7, 11) is 1.42. The molecule has 2 aromatic carbocycles. The number of carbonyl (C=O) groups is 1. The highest BCUT2D eigenvalue weighted by atomic mass is 79.9. The second-order valence-corrected chi connectivity index (χ2v) is 8.34. The lowest BCUT2D eigenvalue weighted by Gasteiger charge is -2.17. The van der Waals surface area contributed by atoms with Crippen molar-refractivity contribution < 1.29 is 9.53 Å². The van der Waals surface area contributed by atoms with E-state index in [1.807, 2.05) is 54.6 Å². The van der Waals surface area contributed by atoms with E-state index in [-0.39, 0.29) is 5.97 Å². The monoisotopic (exact) mass is 461 g/mol. The summed E-state index contributed by atoms with van der Waals surface area (Å²) in [6, 6.07) is 17.9. The molecule has 5 rings (SSSR count). The molecule has 0 atom stereocenters. The van der Waals surface area contributed by atoms with Crippen LogP contribution in [0.15, 0.2) is 59.1 Å². The number of hydrogen-bond acceptors (Lipinski definition) is 4. The van der Waals surface area contributed by atoms with Crippen molar-refractivity contribution in [2.45, 2.75) is 25.7 Å². The zero-order valence-corrected chi connectivity index (χ0v) is 18.1. The Morgan fingerprint density at radius 3 is 2.43 bits per heavy atom. The van der Waals surface area contributed by atoms with Crippen LogP contribution in [0.25, 0.3) is 28.0 Å². The summed E-state index contributed by atoms with van der Waals surface area (Å²) in [5, 5.41) is 9.16. The first-order valence-electron chi connectivity index (χ1n) is 10.0. The van der Waals surface area contributed by atoms with Gasteiger partial charge in [-0.1, -0.05) is 58.4 Å². The molecule has 0 spiro atoms. The van der Waals surface area contributed by atoms with E-state index in [1.165, 1.54) is 7.11 Å². The van der Waals surface area contributed by atoms with E-state index in [1.54, 1.807) is 0 Å². The number of aromatic nitrogens is 3. The van der Waals surface area contributed by atoms with Crippen molar-refractivity contribution in [3.05, 3.63) is 76.0 Å². The molecule has 2 aromatic heterocycles. The van der Waals surface area contributed by atoms with Gasteiger partial charge in [-0.3, -0.25) is 4.40 Å². The minimum Gasteiger partial charge on any atom is -0.465 e. The highest BCUT2D eigenvalue weighted by molar-refractivity contribution is 9.10. The van der Waals surface area contributed by atoms with E-state index in [0.717, 1.165) is 63.9 Å². The van der Waals surface area contributed by atoms with Crippen LogP contribution in [0.5, 0.6) is 0 Å². The van der Waals surface area contributed by atoms with Crippen LogP contribution in [0, 0.1) is 0 Å². The Hall–Kier alpha value is -2.99. The number of ether oxygens (including phenoxy) is 1. The summed E-state index contributed by atoms with van der Waals surface area (Å²) in [5.41, 5.74) is 6.81. The lowest BCUT2D eigenvalue weighted by molar-refractivity contribution is 0.0602. The van der Waals surface area contributed by atoms with E-state index in [4.69, 9.17) is 4.74 Å². The molecule has 0 fully saturated rings. The first kappa shape index (κ1) is 19.0. The van der Waals surface area contributed by atoms with Gasteiger partial charge in [0.2, 0.25) is 0 Å². The summed E-state index contributed by atoms with van der Waals surface area (Å²) in [6.07, 6.45) is 4.03. The molecule has 1 aliphatic rings. The number of benzene rings is 2. The summed E-state index contributed by atoms with van der Waals surface area (Å²) in [6.45, 7) is 0. The van der Waals surface area contributed by atoms with Crippen molar-refractivity contribution in [2.75, 3.05) is 7.11 Å². The van der Waals surface area contributed by atoms with Gasteiger partial charge >= 0.3 is 5.97 Å². The van der Waals surface area contributed by atoms with Gasteiger partial charge < -0.3 is 4.74 Å². The Labute approximate surface area is 182 Å². The molecule has 2 heterocycles. The predicted octanol–water partition coefficient (Wildman–Crippen LogP) is 5.49. The normalized spacial score (nSPS) is 13.3. The molecule has 0 amide bonds. The van der Waals surface area contributed by atoms with Crippen molar-refractivity contribution in [3.63, 3.8) is 0 Å². The van der Waals surface area contributed by atoms with E-state index < -0.39 is 0 Å². The van der Waals surface area contributed by atoms with Gasteiger partial charge in [0.05, 0.1) is 24.1 Å². The molecule has 6 heteroatoms. The van der Waals surface area contributed by atoms with Crippen LogP contribution in [0.4, 0.5) is 0 Å². The number of aryl methyl sites for hydroxylation is 2. The van der Waals surface area contributed by atoms with E-state index in [9.17, 15) is 4.79 Å². The smallest absolute Gasteiger partial charge is 0.340 e. The zero-order valence-electron chi connectivity index (χ0n) is 16.6. The lowest BCUT2D eigenvalue weighted by atomic mass is 9.99. The number of hydrogen-bond donors (Lipinski definition) is 0. The third kappa shape index (κ3) is 3.03. The van der Waals surface area contributed by atoms with Crippen LogP contribution in [-0.2, 0) is 17.6 Å². The number of fused-ring (bicyclic) bond motifs is 3. The highest BCUT2D eigenvalue weighted by Gasteiger charge is 2.30. The van der Waals surface area contributed by atoms with Crippen LogP contribution in [-0.4, -0.2) is 27.7 Å². The van der Waals surface area contributed by atoms with E-state index in [0.29, 0.717) is 11.2 Å². The number of esters is 1. The minimum atomic E-state index is -0.373. The van der Waals surface area contributed by atoms with Crippen LogP contribution in [0.3, 0.4) is 0 Å². The second-order valence-electron chi connectivity index (χ2n) is 7.42. The minimum absolute atomic E-state index is 0.373. The maximum atomic E-state index is 13.1. The Morgan fingerprint density at radius 2 is 1.70 bits per heavy atom. The number of rotatable bonds is 3. The van der Waals surface area contributed by atoms with Gasteiger partial charge in [0.1, 0.15) is 0 Å². The lowest BCUT2D eigenvalue weighted by Crippen LogP contribution is -2.13. The topological polar surface area (TPSA) is 56.5 Å². The maximum Gasteiger partial charge on any atom is 0.340 e. The Morgan fingerprint density at radius 1 is 0.967 bits per heavy atom. The van der Waals surface area contributed by atoms with E-state index >= 15 is 0 Å². The van der Waals surface area contributed by atoms with Crippen molar-refractivity contribution >= 4 is 27.5 Å². The van der Waals surface area contributed by atoms with Gasteiger partial charge in [-0.15, -0.1) is 5.10 Å². The van der Waals surface area contributed by atoms with Gasteiger partial charge in [-0.05, 0) is 48.9 Å². The molecule has 0 unspecified atom stereocenters. The third-order valence-electron chi connectivity index (χ3n) is 5.66. The van der Waals surface area contributed by atoms with Gasteiger partial charge in [0, 0.05) is 15.7 Å². The molecule has 0 saturated carbocycles. The summed E-state index contributed by atoms with van der Waals surface area (Å²) >= 11 is 3.50. The zero-order chi connectivity index (χ0) is 20.7. The first-order chi connectivity index (χ1) is 14.7. The standard InChI is InChI=1S/C24H20BrN3O2/c1-30-24(29)21-20(15-11-13-17(25)14-12-15)23-27-26-18-9-5-6-10-19(18)28(23)22(21)16-7-3-2-4-8-16/h2-4,7-8,11-14H,5-6,9-10H2,1H3. The first-order valence-corrected chi connectivity index (χ1v) is 10.8. The molecule has 1 aliphatic carbocycles. The average molecular weight is 462 g/mol. The van der Waals surface area contributed by atoms with Gasteiger partial charge in [-0.25, -0.2) is 4.79 Å². The molecule has 30 heavy (non-hydrogen) atoms. The van der Waals surface area contributed by atoms with Crippen molar-refractivity contribution in [1.82, 2.24) is 14.6 Å². The quantitative estimate of drug-likeness (QED) is 0.378. The van der Waals surface area contributed by atoms with E-state index in [2.05, 4.69) is 30.5 Å². The Kier molecular flexibility index (Phi) is 4.87. The van der Waals surface area contributed by atoms with Gasteiger partial charge in [-0.2, -0.15) is 5.10 Å². The highest BCUT2D eigenvalue weighted by Crippen LogP contribution is 2.40. The largest absolute Gasteiger partial charge is 0.465 e. The number of methoxy groups -OCH3 is 1. The molecule has 0 saturated heterocycles. The molecule has 150 valence electrons. The fourth-order valence-corrected chi connectivity index (χ4v) is 4.57. The van der Waals surface area contributed by atoms with Crippen LogP contribution in [0.1, 0.15) is 34.6 Å². The van der Waals surface area contributed by atoms with Crippen LogP contribution < -0.4 is 0 Å². The van der Waals surface area contributed by atoms with Crippen LogP contribution >= 0.6 is 15.9 Å². The Bertz CT molecular complexity index is 1250. The maximum absolute atomic E-state index is 13.1. The molecular formula is C24H20BrN3O2. The Balaban J connectivity index is 1.96. The van der Waals surface area contributed by atoms with Gasteiger partial charge in [0.25, 0.3) is 0 Å². The van der Waals surface area contributed by atoms with Gasteiger partial charge in [0.15, 0.2) is 5.65 Å². The van der Waals surface area contributed by atoms with Crippen molar-refractivity contribution in [2.24, 2.45) is 0 Å². The fraction of sp³-hybridized carbons (Fsp3) is 0.208. The number of carbonyl (C=O) groups excluding carboxylic acids is 1. The summed E-state index contributed by atoms with van der Waals surface area (Å²) < 4.78 is 8.36. The average Bonchev–Trinajstić information content (AvgIpc) is 3.15.